The van der Waals surface area contributed by atoms with Gasteiger partial charge in [0, 0.05) is 18.3 Å². The number of aryl methyl sites for hydroxylation is 3. The van der Waals surface area contributed by atoms with Gasteiger partial charge in [0.05, 0.1) is 34.8 Å². The molecule has 0 radical (unpaired) electrons. The number of hydrogen-bond donors (Lipinski definition) is 1. The Hall–Kier alpha value is -2.54. The molecule has 5 rings (SSSR count). The number of nitrogens with zero attached hydrogens (tertiary/aromatic N) is 2. The van der Waals surface area contributed by atoms with Gasteiger partial charge in [-0.05, 0) is 107 Å². The van der Waals surface area contributed by atoms with Crippen LogP contribution in [0.1, 0.15) is 129 Å². The summed E-state index contributed by atoms with van der Waals surface area (Å²) in [5, 5.41) is 11.9. The van der Waals surface area contributed by atoms with Crippen LogP contribution in [-0.4, -0.2) is 39.2 Å². The van der Waals surface area contributed by atoms with Gasteiger partial charge >= 0.3 is 11.9 Å². The largest absolute Gasteiger partial charge is 0.462 e. The van der Waals surface area contributed by atoms with Gasteiger partial charge in [-0.3, -0.25) is 19.6 Å². The second-order valence-electron chi connectivity index (χ2n) is 16.9. The Bertz CT molecular complexity index is 1440. The number of aromatic nitrogens is 2. The van der Waals surface area contributed by atoms with Crippen LogP contribution in [0.4, 0.5) is 0 Å². The van der Waals surface area contributed by atoms with Crippen molar-refractivity contribution in [2.75, 3.05) is 0 Å². The molecule has 0 amide bonds. The zero-order valence-corrected chi connectivity index (χ0v) is 30.8. The number of aliphatic hydroxyl groups is 1. The lowest BCUT2D eigenvalue weighted by atomic mass is 9.45. The van der Waals surface area contributed by atoms with E-state index in [-0.39, 0.29) is 52.7 Å². The molecule has 260 valence electrons. The van der Waals surface area contributed by atoms with Gasteiger partial charge in [-0.1, -0.05) is 64.8 Å². The predicted octanol–water partition coefficient (Wildman–Crippen LogP) is 8.32. The normalized spacial score (nSPS) is 33.5. The number of aliphatic hydroxyl groups excluding tert-OH is 1. The minimum Gasteiger partial charge on any atom is -0.462 e. The highest BCUT2D eigenvalue weighted by Gasteiger charge is 2.62. The van der Waals surface area contributed by atoms with Crippen molar-refractivity contribution < 1.29 is 24.2 Å². The Labute approximate surface area is 283 Å². The zero-order chi connectivity index (χ0) is 34.6. The van der Waals surface area contributed by atoms with Crippen LogP contribution in [0.3, 0.4) is 0 Å². The Kier molecular flexibility index (Phi) is 9.94. The molecule has 0 aliphatic heterocycles. The molecule has 2 fully saturated rings. The maximum Gasteiger partial charge on any atom is 0.309 e. The molecule has 6 unspecified atom stereocenters. The van der Waals surface area contributed by atoms with E-state index in [0.717, 1.165) is 67.6 Å². The van der Waals surface area contributed by atoms with Crippen LogP contribution in [0.5, 0.6) is 0 Å². The molecule has 4 aliphatic rings. The fraction of sp³-hybridized carbons (Fsp3) is 0.750. The number of rotatable bonds is 9. The number of allylic oxidation sites excluding steroid dienone is 3. The van der Waals surface area contributed by atoms with Crippen LogP contribution < -0.4 is 0 Å². The first-order chi connectivity index (χ1) is 21.9. The number of fused-ring (bicyclic) bond motifs is 4. The molecule has 0 aromatic carbocycles. The summed E-state index contributed by atoms with van der Waals surface area (Å²) in [5.74, 6) is -0.0488. The minimum atomic E-state index is -0.577. The lowest BCUT2D eigenvalue weighted by Gasteiger charge is -2.60. The highest BCUT2D eigenvalue weighted by atomic mass is 16.5. The van der Waals surface area contributed by atoms with Crippen molar-refractivity contribution in [1.82, 2.24) is 9.97 Å². The molecular formula is C40H60N2O5. The standard InChI is InChI=1S/C40H60N2O5/c1-22(2)23(3)12-13-29(37(45)46-21-32-26(6)41-24(4)25(5)42-32)36-33(44)20-31-28-14-15-34-38(8,9)35(47-27(7)43)17-19-39(34,10)30(28)16-18-40(31,36)11/h22,29,31,33-36,44H,3,12-21H2,1-2,4-11H3/t29-,31?,33-,34?,35?,36?,39?,40?/m1/s1. The molecule has 4 aliphatic carbocycles. The van der Waals surface area contributed by atoms with E-state index < -0.39 is 12.0 Å². The van der Waals surface area contributed by atoms with Crippen LogP contribution in [0.15, 0.2) is 23.3 Å². The van der Waals surface area contributed by atoms with Crippen LogP contribution in [0, 0.1) is 66.6 Å². The van der Waals surface area contributed by atoms with Crippen LogP contribution in [0.25, 0.3) is 0 Å². The van der Waals surface area contributed by atoms with E-state index in [1.54, 1.807) is 11.1 Å². The third-order valence-corrected chi connectivity index (χ3v) is 13.6. The number of hydrogen-bond acceptors (Lipinski definition) is 7. The molecular weight excluding hydrogens is 588 g/mol. The third kappa shape index (κ3) is 6.35. The Morgan fingerprint density at radius 3 is 2.34 bits per heavy atom. The summed E-state index contributed by atoms with van der Waals surface area (Å²) in [6, 6.07) is 0. The summed E-state index contributed by atoms with van der Waals surface area (Å²) in [7, 11) is 0. The summed E-state index contributed by atoms with van der Waals surface area (Å²) in [6.45, 7) is 25.4. The smallest absolute Gasteiger partial charge is 0.309 e. The first-order valence-electron chi connectivity index (χ1n) is 18.1. The van der Waals surface area contributed by atoms with Gasteiger partial charge in [-0.25, -0.2) is 0 Å². The fourth-order valence-electron chi connectivity index (χ4n) is 10.7. The Balaban J connectivity index is 1.44. The highest BCUT2D eigenvalue weighted by Crippen LogP contribution is 2.68. The van der Waals surface area contributed by atoms with Gasteiger partial charge < -0.3 is 14.6 Å². The molecule has 8 atom stereocenters. The molecule has 2 saturated carbocycles. The first kappa shape index (κ1) is 35.8. The molecule has 1 N–H and O–H groups in total. The SMILES string of the molecule is C=C(CC[C@@H](C(=O)OCc1nc(C)c(C)nc1C)C1[C@H](O)CC2C3=C(CCC21C)C1(C)CCC(OC(C)=O)C(C)(C)C1CC3)C(C)C. The van der Waals surface area contributed by atoms with E-state index in [4.69, 9.17) is 9.47 Å². The molecule has 0 saturated heterocycles. The first-order valence-corrected chi connectivity index (χ1v) is 18.1. The molecule has 1 aromatic rings. The molecule has 1 aromatic heterocycles. The quantitative estimate of drug-likeness (QED) is 0.212. The number of carbonyl (C=O) groups is 2. The van der Waals surface area contributed by atoms with Crippen molar-refractivity contribution in [3.8, 4) is 0 Å². The lowest BCUT2D eigenvalue weighted by Crippen LogP contribution is -2.54. The molecule has 0 bridgehead atoms. The van der Waals surface area contributed by atoms with Crippen molar-refractivity contribution in [3.05, 3.63) is 46.1 Å². The third-order valence-electron chi connectivity index (χ3n) is 13.6. The number of ether oxygens (including phenoxy) is 2. The van der Waals surface area contributed by atoms with Crippen LogP contribution in [-0.2, 0) is 25.7 Å². The highest BCUT2D eigenvalue weighted by molar-refractivity contribution is 5.73. The molecule has 7 heteroatoms. The van der Waals surface area contributed by atoms with E-state index in [1.165, 1.54) is 6.92 Å². The van der Waals surface area contributed by atoms with E-state index in [9.17, 15) is 14.7 Å². The number of carbonyl (C=O) groups excluding carboxylic acids is 2. The van der Waals surface area contributed by atoms with Gasteiger partial charge in [-0.15, -0.1) is 0 Å². The van der Waals surface area contributed by atoms with Crippen molar-refractivity contribution in [3.63, 3.8) is 0 Å². The molecule has 47 heavy (non-hydrogen) atoms. The average Bonchev–Trinajstić information content (AvgIpc) is 3.25. The summed E-state index contributed by atoms with van der Waals surface area (Å²) in [5.41, 5.74) is 7.18. The molecule has 7 nitrogen and oxygen atoms in total. The van der Waals surface area contributed by atoms with Crippen molar-refractivity contribution in [2.24, 2.45) is 45.8 Å². The van der Waals surface area contributed by atoms with Crippen molar-refractivity contribution >= 4 is 11.9 Å². The van der Waals surface area contributed by atoms with Crippen LogP contribution in [0.2, 0.25) is 0 Å². The fourth-order valence-corrected chi connectivity index (χ4v) is 10.7. The maximum absolute atomic E-state index is 14.2. The van der Waals surface area contributed by atoms with Gasteiger partial charge in [0.1, 0.15) is 12.7 Å². The summed E-state index contributed by atoms with van der Waals surface area (Å²) >= 11 is 0. The predicted molar refractivity (Wildman–Crippen MR) is 184 cm³/mol. The van der Waals surface area contributed by atoms with Gasteiger partial charge in [-0.2, -0.15) is 0 Å². The van der Waals surface area contributed by atoms with E-state index in [0.29, 0.717) is 30.4 Å². The van der Waals surface area contributed by atoms with Crippen LogP contribution >= 0.6 is 0 Å². The van der Waals surface area contributed by atoms with E-state index in [2.05, 4.69) is 58.1 Å². The monoisotopic (exact) mass is 648 g/mol. The Morgan fingerprint density at radius 1 is 1.00 bits per heavy atom. The second-order valence-corrected chi connectivity index (χ2v) is 16.9. The minimum absolute atomic E-state index is 0.0521. The second kappa shape index (κ2) is 13.1. The Morgan fingerprint density at radius 2 is 1.68 bits per heavy atom. The molecule has 0 spiro atoms. The lowest BCUT2D eigenvalue weighted by molar-refractivity contribution is -0.167. The average molecular weight is 649 g/mol. The van der Waals surface area contributed by atoms with E-state index in [1.807, 2.05) is 20.8 Å². The summed E-state index contributed by atoms with van der Waals surface area (Å²) in [6.07, 6.45) is 7.31. The van der Waals surface area contributed by atoms with Gasteiger partial charge in [0.25, 0.3) is 0 Å². The molecule has 1 heterocycles. The summed E-state index contributed by atoms with van der Waals surface area (Å²) < 4.78 is 11.9. The zero-order valence-electron chi connectivity index (χ0n) is 30.8. The topological polar surface area (TPSA) is 98.6 Å². The summed E-state index contributed by atoms with van der Waals surface area (Å²) in [4.78, 5) is 35.4. The maximum atomic E-state index is 14.2. The van der Waals surface area contributed by atoms with Crippen molar-refractivity contribution in [1.29, 1.82) is 0 Å². The van der Waals surface area contributed by atoms with E-state index >= 15 is 0 Å². The number of esters is 2. The van der Waals surface area contributed by atoms with Gasteiger partial charge in [0.2, 0.25) is 0 Å². The van der Waals surface area contributed by atoms with Gasteiger partial charge in [0.15, 0.2) is 0 Å². The van der Waals surface area contributed by atoms with Crippen molar-refractivity contribution in [2.45, 2.75) is 146 Å².